The molecular formula is C12H16ClN3O2S. The van der Waals surface area contributed by atoms with Crippen LogP contribution in [0.4, 0.5) is 0 Å². The molecule has 0 aromatic carbocycles. The van der Waals surface area contributed by atoms with Gasteiger partial charge < -0.3 is 14.5 Å². The maximum atomic E-state index is 5.73. The summed E-state index contributed by atoms with van der Waals surface area (Å²) in [6.45, 7) is 2.57. The number of nitrogens with one attached hydrogen (secondary N) is 1. The van der Waals surface area contributed by atoms with Gasteiger partial charge in [0.2, 0.25) is 0 Å². The summed E-state index contributed by atoms with van der Waals surface area (Å²) in [4.78, 5) is 0. The molecule has 0 unspecified atom stereocenters. The fourth-order valence-corrected chi connectivity index (χ4v) is 2.54. The van der Waals surface area contributed by atoms with Crippen LogP contribution in [0.1, 0.15) is 11.4 Å². The van der Waals surface area contributed by atoms with Crippen molar-refractivity contribution in [2.75, 3.05) is 26.8 Å². The van der Waals surface area contributed by atoms with E-state index in [1.165, 1.54) is 0 Å². The van der Waals surface area contributed by atoms with Crippen LogP contribution < -0.4 is 5.32 Å². The van der Waals surface area contributed by atoms with Crippen LogP contribution >= 0.6 is 22.9 Å². The molecule has 0 saturated heterocycles. The largest absolute Gasteiger partial charge is 0.442 e. The number of aryl methyl sites for hydroxylation is 1. The summed E-state index contributed by atoms with van der Waals surface area (Å²) >= 11 is 7.27. The minimum atomic E-state index is 0.370. The van der Waals surface area contributed by atoms with Crippen molar-refractivity contribution in [3.63, 3.8) is 0 Å². The van der Waals surface area contributed by atoms with Crippen LogP contribution in [0.25, 0.3) is 10.8 Å². The molecule has 19 heavy (non-hydrogen) atoms. The molecule has 0 aliphatic carbocycles. The van der Waals surface area contributed by atoms with Gasteiger partial charge in [-0.1, -0.05) is 11.3 Å². The molecule has 5 nitrogen and oxygen atoms in total. The van der Waals surface area contributed by atoms with Gasteiger partial charge in [0, 0.05) is 20.1 Å². The topological polar surface area (TPSA) is 60.2 Å². The number of rotatable bonds is 8. The quantitative estimate of drug-likeness (QED) is 0.760. The zero-order chi connectivity index (χ0) is 13.5. The van der Waals surface area contributed by atoms with Crippen molar-refractivity contribution in [3.05, 3.63) is 22.4 Å². The Labute approximate surface area is 120 Å². The normalized spacial score (nSPS) is 11.1. The lowest BCUT2D eigenvalue weighted by Gasteiger charge is -2.01. The van der Waals surface area contributed by atoms with Crippen molar-refractivity contribution in [1.82, 2.24) is 15.5 Å². The number of aromatic nitrogens is 2. The molecule has 7 heteroatoms. The number of ether oxygens (including phenoxy) is 1. The van der Waals surface area contributed by atoms with Crippen molar-refractivity contribution in [3.8, 4) is 10.8 Å². The second-order valence-electron chi connectivity index (χ2n) is 3.95. The third-order valence-corrected chi connectivity index (χ3v) is 3.68. The lowest BCUT2D eigenvalue weighted by Crippen LogP contribution is -2.20. The molecular weight excluding hydrogens is 286 g/mol. The van der Waals surface area contributed by atoms with Crippen molar-refractivity contribution < 1.29 is 9.15 Å². The van der Waals surface area contributed by atoms with Crippen LogP contribution in [0, 0.1) is 0 Å². The zero-order valence-electron chi connectivity index (χ0n) is 10.7. The molecule has 0 spiro atoms. The second kappa shape index (κ2) is 7.59. The Balaban J connectivity index is 1.75. The van der Waals surface area contributed by atoms with Gasteiger partial charge in [0.1, 0.15) is 5.01 Å². The molecule has 0 saturated carbocycles. The van der Waals surface area contributed by atoms with E-state index in [9.17, 15) is 0 Å². The van der Waals surface area contributed by atoms with E-state index >= 15 is 0 Å². The van der Waals surface area contributed by atoms with Crippen molar-refractivity contribution in [1.29, 1.82) is 0 Å². The molecule has 104 valence electrons. The molecule has 0 radical (unpaired) electrons. The molecule has 0 bridgehead atoms. The molecule has 2 rings (SSSR count). The van der Waals surface area contributed by atoms with Crippen LogP contribution in [0.2, 0.25) is 5.22 Å². The van der Waals surface area contributed by atoms with Gasteiger partial charge in [-0.2, -0.15) is 0 Å². The van der Waals surface area contributed by atoms with Crippen LogP contribution in [0.3, 0.4) is 0 Å². The summed E-state index contributed by atoms with van der Waals surface area (Å²) in [5, 5.41) is 13.7. The molecule has 1 N–H and O–H groups in total. The van der Waals surface area contributed by atoms with Gasteiger partial charge in [-0.25, -0.2) is 0 Å². The van der Waals surface area contributed by atoms with E-state index in [0.29, 0.717) is 11.0 Å². The minimum absolute atomic E-state index is 0.370. The first-order chi connectivity index (χ1) is 9.29. The Hall–Kier alpha value is -0.950. The monoisotopic (exact) mass is 301 g/mol. The van der Waals surface area contributed by atoms with E-state index in [2.05, 4.69) is 15.5 Å². The van der Waals surface area contributed by atoms with E-state index in [4.69, 9.17) is 20.8 Å². The first kappa shape index (κ1) is 14.5. The van der Waals surface area contributed by atoms with E-state index in [1.807, 2.05) is 0 Å². The van der Waals surface area contributed by atoms with Gasteiger partial charge in [-0.05, 0) is 36.7 Å². The minimum Gasteiger partial charge on any atom is -0.442 e. The summed E-state index contributed by atoms with van der Waals surface area (Å²) in [5.74, 6) is 0.673. The molecule has 2 heterocycles. The predicted octanol–water partition coefficient (Wildman–Crippen LogP) is 2.62. The Morgan fingerprint density at radius 2 is 2.26 bits per heavy atom. The Morgan fingerprint density at radius 1 is 1.37 bits per heavy atom. The van der Waals surface area contributed by atoms with Gasteiger partial charge in [-0.3, -0.25) is 0 Å². The third kappa shape index (κ3) is 4.58. The molecule has 0 fully saturated rings. The van der Waals surface area contributed by atoms with Crippen molar-refractivity contribution in [2.45, 2.75) is 12.8 Å². The number of methoxy groups -OCH3 is 1. The summed E-state index contributed by atoms with van der Waals surface area (Å²) < 4.78 is 10.3. The number of hydrogen-bond acceptors (Lipinski definition) is 6. The number of halogens is 1. The lowest BCUT2D eigenvalue weighted by atomic mass is 10.3. The third-order valence-electron chi connectivity index (χ3n) is 2.48. The smallest absolute Gasteiger partial charge is 0.194 e. The highest BCUT2D eigenvalue weighted by Crippen LogP contribution is 2.27. The second-order valence-corrected chi connectivity index (χ2v) is 5.39. The fourth-order valence-electron chi connectivity index (χ4n) is 1.55. The highest BCUT2D eigenvalue weighted by molar-refractivity contribution is 7.14. The SMILES string of the molecule is COCCNCCCc1nnc(-c2ccc(Cl)o2)s1. The summed E-state index contributed by atoms with van der Waals surface area (Å²) in [5.41, 5.74) is 0. The maximum absolute atomic E-state index is 5.73. The summed E-state index contributed by atoms with van der Waals surface area (Å²) in [6, 6.07) is 3.51. The number of furan rings is 1. The van der Waals surface area contributed by atoms with Crippen LogP contribution in [0.15, 0.2) is 16.5 Å². The van der Waals surface area contributed by atoms with E-state index in [1.54, 1.807) is 30.6 Å². The zero-order valence-corrected chi connectivity index (χ0v) is 12.3. The first-order valence-corrected chi connectivity index (χ1v) is 7.27. The molecule has 0 aliphatic rings. The van der Waals surface area contributed by atoms with Gasteiger partial charge >= 0.3 is 0 Å². The van der Waals surface area contributed by atoms with Crippen LogP contribution in [0.5, 0.6) is 0 Å². The number of nitrogens with zero attached hydrogens (tertiary/aromatic N) is 2. The van der Waals surface area contributed by atoms with Gasteiger partial charge in [-0.15, -0.1) is 10.2 Å². The molecule has 0 amide bonds. The highest BCUT2D eigenvalue weighted by atomic mass is 35.5. The van der Waals surface area contributed by atoms with Gasteiger partial charge in [0.25, 0.3) is 0 Å². The van der Waals surface area contributed by atoms with Crippen molar-refractivity contribution >= 4 is 22.9 Å². The standard InChI is InChI=1S/C12H16ClN3O2S/c1-17-8-7-14-6-2-3-11-15-16-12(19-11)9-4-5-10(13)18-9/h4-5,14H,2-3,6-8H2,1H3. The first-order valence-electron chi connectivity index (χ1n) is 6.07. The highest BCUT2D eigenvalue weighted by Gasteiger charge is 2.10. The number of hydrogen-bond donors (Lipinski definition) is 1. The van der Waals surface area contributed by atoms with Gasteiger partial charge in [0.15, 0.2) is 16.0 Å². The molecule has 0 aliphatic heterocycles. The average Bonchev–Trinajstić information content (AvgIpc) is 3.02. The Morgan fingerprint density at radius 3 is 3.00 bits per heavy atom. The Bertz CT molecular complexity index is 501. The Kier molecular flexibility index (Phi) is 5.78. The molecule has 2 aromatic heterocycles. The predicted molar refractivity (Wildman–Crippen MR) is 75.7 cm³/mol. The molecule has 0 atom stereocenters. The average molecular weight is 302 g/mol. The lowest BCUT2D eigenvalue weighted by molar-refractivity contribution is 0.199. The van der Waals surface area contributed by atoms with Crippen LogP contribution in [-0.2, 0) is 11.2 Å². The van der Waals surface area contributed by atoms with Crippen LogP contribution in [-0.4, -0.2) is 37.0 Å². The molecule has 2 aromatic rings. The van der Waals surface area contributed by atoms with E-state index in [0.717, 1.165) is 42.6 Å². The van der Waals surface area contributed by atoms with Gasteiger partial charge in [0.05, 0.1) is 6.61 Å². The summed E-state index contributed by atoms with van der Waals surface area (Å²) in [6.07, 6.45) is 1.93. The fraction of sp³-hybridized carbons (Fsp3) is 0.500. The van der Waals surface area contributed by atoms with E-state index in [-0.39, 0.29) is 0 Å². The van der Waals surface area contributed by atoms with E-state index < -0.39 is 0 Å². The maximum Gasteiger partial charge on any atom is 0.194 e. The van der Waals surface area contributed by atoms with Crippen molar-refractivity contribution in [2.24, 2.45) is 0 Å². The summed E-state index contributed by atoms with van der Waals surface area (Å²) in [7, 11) is 1.70.